The Morgan fingerprint density at radius 3 is 2.39 bits per heavy atom. The second kappa shape index (κ2) is 8.53. The molecule has 0 aromatic heterocycles. The summed E-state index contributed by atoms with van der Waals surface area (Å²) in [6, 6.07) is 9.27. The summed E-state index contributed by atoms with van der Waals surface area (Å²) < 4.78 is 11.0. The van der Waals surface area contributed by atoms with Crippen LogP contribution in [0.15, 0.2) is 28.7 Å². The van der Waals surface area contributed by atoms with E-state index in [4.69, 9.17) is 9.47 Å². The van der Waals surface area contributed by atoms with Crippen LogP contribution in [-0.4, -0.2) is 43.3 Å². The number of ether oxygens (including phenoxy) is 2. The fourth-order valence-electron chi connectivity index (χ4n) is 1.78. The number of benzene rings is 1. The third-order valence-electron chi connectivity index (χ3n) is 3.09. The molecule has 124 valence electrons. The first-order chi connectivity index (χ1) is 10.8. The molecule has 0 aliphatic heterocycles. The number of hydrogen-bond donors (Lipinski definition) is 0. The average molecular weight is 383 g/mol. The van der Waals surface area contributed by atoms with Gasteiger partial charge in [-0.3, -0.25) is 0 Å². The predicted molar refractivity (Wildman–Crippen MR) is 87.6 cm³/mol. The highest BCUT2D eigenvalue weighted by Crippen LogP contribution is 2.23. The Morgan fingerprint density at radius 2 is 1.91 bits per heavy atom. The first-order valence-corrected chi connectivity index (χ1v) is 7.87. The van der Waals surface area contributed by atoms with E-state index in [1.807, 2.05) is 30.3 Å². The van der Waals surface area contributed by atoms with Crippen LogP contribution in [0.1, 0.15) is 18.9 Å². The van der Waals surface area contributed by atoms with Crippen molar-refractivity contribution in [3.8, 4) is 6.07 Å². The van der Waals surface area contributed by atoms with E-state index in [1.54, 1.807) is 6.92 Å². The number of nitriles is 1. The van der Waals surface area contributed by atoms with E-state index >= 15 is 0 Å². The molecule has 1 atom stereocenters. The first kappa shape index (κ1) is 19.0. The lowest BCUT2D eigenvalue weighted by Crippen LogP contribution is -2.46. The van der Waals surface area contributed by atoms with E-state index < -0.39 is 17.7 Å². The molecule has 0 spiro atoms. The van der Waals surface area contributed by atoms with Gasteiger partial charge in [-0.1, -0.05) is 28.1 Å². The van der Waals surface area contributed by atoms with Crippen LogP contribution < -0.4 is 0 Å². The van der Waals surface area contributed by atoms with Gasteiger partial charge in [-0.25, -0.2) is 9.59 Å². The van der Waals surface area contributed by atoms with Crippen LogP contribution in [0.25, 0.3) is 0 Å². The molecule has 6 nitrogen and oxygen atoms in total. The maximum atomic E-state index is 12.2. The van der Waals surface area contributed by atoms with Gasteiger partial charge in [-0.2, -0.15) is 5.26 Å². The zero-order valence-electron chi connectivity index (χ0n) is 13.3. The molecule has 0 N–H and O–H groups in total. The molecule has 0 aliphatic carbocycles. The number of amides is 1. The summed E-state index contributed by atoms with van der Waals surface area (Å²) in [7, 11) is 2.95. The van der Waals surface area contributed by atoms with Gasteiger partial charge < -0.3 is 14.4 Å². The van der Waals surface area contributed by atoms with Crippen LogP contribution in [0, 0.1) is 11.3 Å². The number of nitrogens with zero attached hydrogens (tertiary/aromatic N) is 2. The van der Waals surface area contributed by atoms with Crippen molar-refractivity contribution in [3.63, 3.8) is 0 Å². The number of carbonyl (C=O) groups is 2. The van der Waals surface area contributed by atoms with Crippen LogP contribution in [0.2, 0.25) is 0 Å². The van der Waals surface area contributed by atoms with Gasteiger partial charge in [0, 0.05) is 25.0 Å². The van der Waals surface area contributed by atoms with Crippen molar-refractivity contribution in [1.29, 1.82) is 5.26 Å². The summed E-state index contributed by atoms with van der Waals surface area (Å²) in [5.74, 6) is -0.852. The second-order valence-corrected chi connectivity index (χ2v) is 5.96. The van der Waals surface area contributed by atoms with Gasteiger partial charge in [0.05, 0.1) is 6.61 Å². The maximum absolute atomic E-state index is 12.2. The number of aryl methyl sites for hydroxylation is 1. The predicted octanol–water partition coefficient (Wildman–Crippen LogP) is 2.91. The molecule has 7 heteroatoms. The Hall–Kier alpha value is -2.07. The molecule has 23 heavy (non-hydrogen) atoms. The largest absolute Gasteiger partial charge is 0.462 e. The lowest BCUT2D eigenvalue weighted by Gasteiger charge is -2.26. The van der Waals surface area contributed by atoms with Crippen molar-refractivity contribution >= 4 is 28.0 Å². The second-order valence-electron chi connectivity index (χ2n) is 5.05. The molecule has 0 radical (unpaired) electrons. The van der Waals surface area contributed by atoms with Crippen LogP contribution in [0.4, 0.5) is 4.79 Å². The molecular weight excluding hydrogens is 364 g/mol. The summed E-state index contributed by atoms with van der Waals surface area (Å²) in [5, 5.41) is 9.47. The molecule has 0 aliphatic rings. The fraction of sp³-hybridized carbons (Fsp3) is 0.438. The molecule has 0 saturated carbocycles. The zero-order valence-corrected chi connectivity index (χ0v) is 14.9. The summed E-state index contributed by atoms with van der Waals surface area (Å²) in [6.45, 7) is 1.72. The van der Waals surface area contributed by atoms with Crippen molar-refractivity contribution in [2.24, 2.45) is 0 Å². The van der Waals surface area contributed by atoms with Crippen LogP contribution in [-0.2, 0) is 20.7 Å². The quantitative estimate of drug-likeness (QED) is 0.706. The van der Waals surface area contributed by atoms with Crippen molar-refractivity contribution in [2.75, 3.05) is 20.7 Å². The molecule has 1 rings (SSSR count). The zero-order chi connectivity index (χ0) is 17.5. The minimum atomic E-state index is -1.95. The molecule has 0 bridgehead atoms. The summed E-state index contributed by atoms with van der Waals surface area (Å²) in [6.07, 6.45) is -0.361. The SMILES string of the molecule is CCOC(=O)[C@](C#N)(CCc1ccc(Br)cc1)OC(=O)N(C)C. The Morgan fingerprint density at radius 1 is 1.30 bits per heavy atom. The number of halogens is 1. The van der Waals surface area contributed by atoms with E-state index in [9.17, 15) is 14.9 Å². The van der Waals surface area contributed by atoms with E-state index in [2.05, 4.69) is 15.9 Å². The smallest absolute Gasteiger partial charge is 0.411 e. The van der Waals surface area contributed by atoms with E-state index in [0.29, 0.717) is 6.42 Å². The lowest BCUT2D eigenvalue weighted by molar-refractivity contribution is -0.160. The van der Waals surface area contributed by atoms with E-state index in [0.717, 1.165) is 14.9 Å². The highest BCUT2D eigenvalue weighted by molar-refractivity contribution is 9.10. The van der Waals surface area contributed by atoms with Gasteiger partial charge in [0.15, 0.2) is 0 Å². The number of esters is 1. The fourth-order valence-corrected chi connectivity index (χ4v) is 2.04. The molecule has 1 aromatic rings. The standard InChI is InChI=1S/C16H19BrN2O4/c1-4-22-14(20)16(11-18,23-15(21)19(2)3)10-9-12-5-7-13(17)8-6-12/h5-8H,4,9-10H2,1-3H3/t16-/m1/s1. The molecule has 0 heterocycles. The van der Waals surface area contributed by atoms with E-state index in [1.165, 1.54) is 14.1 Å². The average Bonchev–Trinajstić information content (AvgIpc) is 2.52. The Labute approximate surface area is 144 Å². The van der Waals surface area contributed by atoms with Gasteiger partial charge in [-0.05, 0) is 31.0 Å². The molecule has 1 aromatic carbocycles. The molecule has 0 unspecified atom stereocenters. The van der Waals surface area contributed by atoms with Crippen molar-refractivity contribution in [3.05, 3.63) is 34.3 Å². The van der Waals surface area contributed by atoms with Crippen LogP contribution in [0.5, 0.6) is 0 Å². The Bertz CT molecular complexity index is 595. The third kappa shape index (κ3) is 5.25. The summed E-state index contributed by atoms with van der Waals surface area (Å²) in [5.41, 5.74) is -1.04. The van der Waals surface area contributed by atoms with Crippen molar-refractivity contribution in [2.45, 2.75) is 25.4 Å². The normalized spacial score (nSPS) is 12.7. The Balaban J connectivity index is 2.97. The third-order valence-corrected chi connectivity index (χ3v) is 3.62. The minimum Gasteiger partial charge on any atom is -0.462 e. The first-order valence-electron chi connectivity index (χ1n) is 7.08. The maximum Gasteiger partial charge on any atom is 0.411 e. The van der Waals surface area contributed by atoms with E-state index in [-0.39, 0.29) is 13.0 Å². The minimum absolute atomic E-state index is 0.0174. The van der Waals surface area contributed by atoms with Crippen LogP contribution in [0.3, 0.4) is 0 Å². The summed E-state index contributed by atoms with van der Waals surface area (Å²) >= 11 is 3.34. The van der Waals surface area contributed by atoms with Crippen molar-refractivity contribution < 1.29 is 19.1 Å². The molecule has 1 amide bonds. The number of rotatable bonds is 6. The van der Waals surface area contributed by atoms with Gasteiger partial charge in [0.2, 0.25) is 0 Å². The molecule has 0 saturated heterocycles. The number of hydrogen-bond acceptors (Lipinski definition) is 5. The van der Waals surface area contributed by atoms with Gasteiger partial charge in [-0.15, -0.1) is 0 Å². The highest BCUT2D eigenvalue weighted by Gasteiger charge is 2.45. The molecule has 0 fully saturated rings. The number of carbonyl (C=O) groups excluding carboxylic acids is 2. The molecular formula is C16H19BrN2O4. The lowest BCUT2D eigenvalue weighted by atomic mass is 9.96. The van der Waals surface area contributed by atoms with Gasteiger partial charge in [0.1, 0.15) is 6.07 Å². The van der Waals surface area contributed by atoms with Gasteiger partial charge in [0.25, 0.3) is 5.60 Å². The van der Waals surface area contributed by atoms with Gasteiger partial charge >= 0.3 is 12.1 Å². The van der Waals surface area contributed by atoms with Crippen molar-refractivity contribution in [1.82, 2.24) is 4.90 Å². The highest BCUT2D eigenvalue weighted by atomic mass is 79.9. The monoisotopic (exact) mass is 382 g/mol. The summed E-state index contributed by atoms with van der Waals surface area (Å²) in [4.78, 5) is 25.2. The topological polar surface area (TPSA) is 79.6 Å². The van der Waals surface area contributed by atoms with Crippen LogP contribution >= 0.6 is 15.9 Å². The Kier molecular flexibility index (Phi) is 7.04.